The van der Waals surface area contributed by atoms with E-state index in [4.69, 9.17) is 0 Å². The van der Waals surface area contributed by atoms with Crippen molar-refractivity contribution < 1.29 is 15.3 Å². The molecule has 0 aromatic heterocycles. The summed E-state index contributed by atoms with van der Waals surface area (Å²) in [5.41, 5.74) is 3.17. The van der Waals surface area contributed by atoms with Gasteiger partial charge in [-0.2, -0.15) is 0 Å². The van der Waals surface area contributed by atoms with Crippen LogP contribution in [0.25, 0.3) is 0 Å². The minimum atomic E-state index is -0.615. The van der Waals surface area contributed by atoms with Crippen LogP contribution in [0.5, 0.6) is 0 Å². The summed E-state index contributed by atoms with van der Waals surface area (Å²) < 4.78 is 0. The van der Waals surface area contributed by atoms with E-state index in [9.17, 15) is 15.3 Å². The van der Waals surface area contributed by atoms with Gasteiger partial charge >= 0.3 is 0 Å². The Morgan fingerprint density at radius 1 is 1.23 bits per heavy atom. The van der Waals surface area contributed by atoms with E-state index in [1.54, 1.807) is 5.57 Å². The fourth-order valence-corrected chi connectivity index (χ4v) is 6.74. The summed E-state index contributed by atoms with van der Waals surface area (Å²) in [6.45, 7) is 12.8. The normalized spacial score (nSPS) is 38.8. The van der Waals surface area contributed by atoms with Crippen molar-refractivity contribution in [3.05, 3.63) is 35.5 Å². The van der Waals surface area contributed by atoms with Crippen LogP contribution in [0.1, 0.15) is 91.9 Å². The molecule has 0 aromatic rings. The van der Waals surface area contributed by atoms with Crippen LogP contribution in [0, 0.1) is 23.2 Å². The third kappa shape index (κ3) is 5.29. The van der Waals surface area contributed by atoms with Crippen molar-refractivity contribution in [3.8, 4) is 0 Å². The SMILES string of the molecule is C=C1C(=CC=C2CCC[C@@]3(C)[C@@H]2CC[C@@H]3C(C)CCCC(C)(C)O)CC(O)C[C@@H]1O. The highest BCUT2D eigenvalue weighted by Crippen LogP contribution is 2.60. The van der Waals surface area contributed by atoms with Gasteiger partial charge in [0.15, 0.2) is 0 Å². The minimum Gasteiger partial charge on any atom is -0.393 e. The highest BCUT2D eigenvalue weighted by Gasteiger charge is 2.50. The molecule has 3 nitrogen and oxygen atoms in total. The first-order valence-corrected chi connectivity index (χ1v) is 12.2. The smallest absolute Gasteiger partial charge is 0.0811 e. The van der Waals surface area contributed by atoms with Crippen LogP contribution in [0.4, 0.5) is 0 Å². The van der Waals surface area contributed by atoms with Gasteiger partial charge in [-0.25, -0.2) is 0 Å². The van der Waals surface area contributed by atoms with Gasteiger partial charge in [0.25, 0.3) is 0 Å². The molecule has 3 N–H and O–H groups in total. The van der Waals surface area contributed by atoms with Crippen LogP contribution in [-0.2, 0) is 0 Å². The molecule has 6 atom stereocenters. The predicted molar refractivity (Wildman–Crippen MR) is 124 cm³/mol. The van der Waals surface area contributed by atoms with Crippen LogP contribution >= 0.6 is 0 Å². The molecule has 2 unspecified atom stereocenters. The highest BCUT2D eigenvalue weighted by molar-refractivity contribution is 5.38. The molecule has 170 valence electrons. The zero-order valence-electron chi connectivity index (χ0n) is 19.7. The van der Waals surface area contributed by atoms with Crippen molar-refractivity contribution in [2.75, 3.05) is 0 Å². The van der Waals surface area contributed by atoms with E-state index in [1.165, 1.54) is 38.5 Å². The lowest BCUT2D eigenvalue weighted by molar-refractivity contribution is 0.0596. The molecular formula is C27H44O3. The number of rotatable bonds is 6. The molecule has 0 aliphatic heterocycles. The minimum absolute atomic E-state index is 0.374. The van der Waals surface area contributed by atoms with E-state index < -0.39 is 17.8 Å². The summed E-state index contributed by atoms with van der Waals surface area (Å²) in [4.78, 5) is 0. The Hall–Kier alpha value is -0.900. The summed E-state index contributed by atoms with van der Waals surface area (Å²) in [6, 6.07) is 0. The van der Waals surface area contributed by atoms with Crippen LogP contribution in [0.3, 0.4) is 0 Å². The molecule has 0 bridgehead atoms. The Labute approximate surface area is 184 Å². The quantitative estimate of drug-likeness (QED) is 0.520. The molecule has 0 saturated heterocycles. The number of hydrogen-bond acceptors (Lipinski definition) is 3. The van der Waals surface area contributed by atoms with Gasteiger partial charge in [-0.05, 0) is 93.1 Å². The van der Waals surface area contributed by atoms with E-state index in [2.05, 4.69) is 32.6 Å². The second-order valence-corrected chi connectivity index (χ2v) is 11.3. The number of aliphatic hydroxyl groups excluding tert-OH is 2. The van der Waals surface area contributed by atoms with E-state index in [0.29, 0.717) is 30.1 Å². The monoisotopic (exact) mass is 416 g/mol. The molecule has 3 rings (SSSR count). The number of allylic oxidation sites excluding steroid dienone is 3. The largest absolute Gasteiger partial charge is 0.393 e. The Kier molecular flexibility index (Phi) is 7.37. The lowest BCUT2D eigenvalue weighted by Gasteiger charge is -2.44. The second kappa shape index (κ2) is 9.30. The van der Waals surface area contributed by atoms with Gasteiger partial charge in [0, 0.05) is 6.42 Å². The lowest BCUT2D eigenvalue weighted by Crippen LogP contribution is -2.36. The van der Waals surface area contributed by atoms with Crippen LogP contribution in [0.15, 0.2) is 35.5 Å². The molecule has 3 aliphatic carbocycles. The molecule has 0 amide bonds. The Morgan fingerprint density at radius 3 is 2.67 bits per heavy atom. The average Bonchev–Trinajstić information content (AvgIpc) is 3.00. The zero-order valence-corrected chi connectivity index (χ0v) is 19.7. The van der Waals surface area contributed by atoms with E-state index in [1.807, 2.05) is 13.8 Å². The van der Waals surface area contributed by atoms with Crippen molar-refractivity contribution in [3.63, 3.8) is 0 Å². The van der Waals surface area contributed by atoms with Crippen LogP contribution in [-0.4, -0.2) is 33.1 Å². The molecule has 3 aliphatic rings. The third-order valence-electron chi connectivity index (χ3n) is 8.44. The lowest BCUT2D eigenvalue weighted by atomic mass is 9.60. The molecule has 0 radical (unpaired) electrons. The first kappa shape index (κ1) is 23.8. The average molecular weight is 417 g/mol. The summed E-state index contributed by atoms with van der Waals surface area (Å²) in [5.74, 6) is 2.11. The number of aliphatic hydroxyl groups is 3. The third-order valence-corrected chi connectivity index (χ3v) is 8.44. The van der Waals surface area contributed by atoms with Gasteiger partial charge in [-0.1, -0.05) is 51.0 Å². The molecule has 3 saturated carbocycles. The van der Waals surface area contributed by atoms with E-state index >= 15 is 0 Å². The first-order valence-electron chi connectivity index (χ1n) is 12.2. The molecule has 3 heteroatoms. The van der Waals surface area contributed by atoms with E-state index in [0.717, 1.165) is 29.9 Å². The van der Waals surface area contributed by atoms with Crippen LogP contribution < -0.4 is 0 Å². The summed E-state index contributed by atoms with van der Waals surface area (Å²) in [6.07, 6.45) is 13.9. The van der Waals surface area contributed by atoms with Crippen molar-refractivity contribution in [1.29, 1.82) is 0 Å². The molecule has 0 spiro atoms. The van der Waals surface area contributed by atoms with Crippen molar-refractivity contribution in [1.82, 2.24) is 0 Å². The Morgan fingerprint density at radius 2 is 1.97 bits per heavy atom. The summed E-state index contributed by atoms with van der Waals surface area (Å²) in [7, 11) is 0. The maximum Gasteiger partial charge on any atom is 0.0811 e. The summed E-state index contributed by atoms with van der Waals surface area (Å²) in [5, 5.41) is 30.2. The maximum atomic E-state index is 10.1. The van der Waals surface area contributed by atoms with Gasteiger partial charge in [0.1, 0.15) is 0 Å². The Bertz CT molecular complexity index is 683. The van der Waals surface area contributed by atoms with Crippen molar-refractivity contribution >= 4 is 0 Å². The number of hydrogen-bond donors (Lipinski definition) is 3. The van der Waals surface area contributed by atoms with Crippen molar-refractivity contribution in [2.45, 2.75) is 110 Å². The zero-order chi connectivity index (χ0) is 22.1. The summed E-state index contributed by atoms with van der Waals surface area (Å²) >= 11 is 0. The molecule has 0 aromatic carbocycles. The van der Waals surface area contributed by atoms with Gasteiger partial charge in [-0.3, -0.25) is 0 Å². The number of fused-ring (bicyclic) bond motifs is 1. The van der Waals surface area contributed by atoms with Gasteiger partial charge < -0.3 is 15.3 Å². The fraction of sp³-hybridized carbons (Fsp3) is 0.778. The standard InChI is InChI=1S/C27H44O3/c1-18(8-6-14-26(3,4)30)23-12-13-24-20(9-7-15-27(23,24)5)10-11-21-16-22(28)17-25(29)19(21)2/h10-11,18,22-25,28-30H,2,6-9,12-17H2,1,3-5H3/t18?,22?,23-,24-,25+,27-/m1/s1. The van der Waals surface area contributed by atoms with Gasteiger partial charge in [-0.15, -0.1) is 0 Å². The second-order valence-electron chi connectivity index (χ2n) is 11.3. The molecule has 30 heavy (non-hydrogen) atoms. The van der Waals surface area contributed by atoms with Gasteiger partial charge in [0.05, 0.1) is 17.8 Å². The highest BCUT2D eigenvalue weighted by atomic mass is 16.3. The van der Waals surface area contributed by atoms with Crippen molar-refractivity contribution in [2.24, 2.45) is 23.2 Å². The van der Waals surface area contributed by atoms with Crippen LogP contribution in [0.2, 0.25) is 0 Å². The molecular weight excluding hydrogens is 372 g/mol. The molecule has 3 fully saturated rings. The Balaban J connectivity index is 1.70. The van der Waals surface area contributed by atoms with Gasteiger partial charge in [0.2, 0.25) is 0 Å². The predicted octanol–water partition coefficient (Wildman–Crippen LogP) is 5.70. The van der Waals surface area contributed by atoms with E-state index in [-0.39, 0.29) is 0 Å². The topological polar surface area (TPSA) is 60.7 Å². The fourth-order valence-electron chi connectivity index (χ4n) is 6.74. The first-order chi connectivity index (χ1) is 14.0. The molecule has 0 heterocycles. The maximum absolute atomic E-state index is 10.1.